The van der Waals surface area contributed by atoms with Crippen molar-refractivity contribution in [2.24, 2.45) is 5.92 Å². The zero-order valence-corrected chi connectivity index (χ0v) is 12.9. The molecule has 1 spiro atoms. The van der Waals surface area contributed by atoms with Gasteiger partial charge in [0, 0.05) is 22.9 Å². The fourth-order valence-electron chi connectivity index (χ4n) is 5.43. The summed E-state index contributed by atoms with van der Waals surface area (Å²) < 4.78 is 6.07. The highest BCUT2D eigenvalue weighted by molar-refractivity contribution is 5.83. The molecule has 0 radical (unpaired) electrons. The number of aldehydes is 1. The van der Waals surface area contributed by atoms with Gasteiger partial charge < -0.3 is 19.8 Å². The van der Waals surface area contributed by atoms with Crippen molar-refractivity contribution in [1.82, 2.24) is 4.90 Å². The molecule has 0 unspecified atom stereocenters. The number of rotatable bonds is 1. The number of aromatic hydroxyl groups is 1. The summed E-state index contributed by atoms with van der Waals surface area (Å²) in [5.74, 6) is 0.612. The second-order valence-corrected chi connectivity index (χ2v) is 7.28. The number of phenolic OH excluding ortho intramolecular Hbond substituents is 1. The van der Waals surface area contributed by atoms with Crippen molar-refractivity contribution >= 4 is 6.29 Å². The van der Waals surface area contributed by atoms with Crippen LogP contribution in [-0.2, 0) is 11.8 Å². The van der Waals surface area contributed by atoms with Gasteiger partial charge in [0.25, 0.3) is 0 Å². The molecule has 120 valence electrons. The lowest BCUT2D eigenvalue weighted by molar-refractivity contribution is -0.0453. The number of carbonyl (C=O) groups excluding carboxylic acids is 1. The molecule has 0 aromatic heterocycles. The number of likely N-dealkylation sites (N-methyl/N-ethyl adjacent to an activating group) is 1. The maximum absolute atomic E-state index is 11.3. The summed E-state index contributed by atoms with van der Waals surface area (Å²) in [6.07, 6.45) is 5.29. The summed E-state index contributed by atoms with van der Waals surface area (Å²) in [5.41, 5.74) is 2.10. The Morgan fingerprint density at radius 3 is 3.04 bits per heavy atom. The Morgan fingerprint density at radius 1 is 1.43 bits per heavy atom. The number of aliphatic hydroxyl groups excluding tert-OH is 1. The molecule has 5 heteroatoms. The molecule has 4 aliphatic rings. The van der Waals surface area contributed by atoms with Crippen molar-refractivity contribution in [3.63, 3.8) is 0 Å². The fraction of sp³-hybridized carbons (Fsp3) is 0.500. The largest absolute Gasteiger partial charge is 0.504 e. The highest BCUT2D eigenvalue weighted by Gasteiger charge is 2.64. The molecule has 5 nitrogen and oxygen atoms in total. The van der Waals surface area contributed by atoms with E-state index in [2.05, 4.69) is 18.0 Å². The van der Waals surface area contributed by atoms with E-state index in [9.17, 15) is 15.0 Å². The molecular weight excluding hydrogens is 294 g/mol. The number of phenols is 1. The number of carbonyl (C=O) groups is 1. The van der Waals surface area contributed by atoms with E-state index < -0.39 is 6.10 Å². The maximum atomic E-state index is 11.3. The number of likely N-dealkylation sites (tertiary alicyclic amines) is 1. The Labute approximate surface area is 134 Å². The Bertz CT molecular complexity index is 758. The van der Waals surface area contributed by atoms with E-state index in [0.29, 0.717) is 18.1 Å². The van der Waals surface area contributed by atoms with Crippen molar-refractivity contribution in [3.8, 4) is 11.5 Å². The number of hydrogen-bond acceptors (Lipinski definition) is 5. The molecule has 2 N–H and O–H groups in total. The first-order chi connectivity index (χ1) is 11.1. The monoisotopic (exact) mass is 313 g/mol. The standard InChI is InChI=1S/C18H19NO4/c1-19-5-4-18-11-2-3-13(21)17(18)23-16-14(18)9(7-12(11)19)6-10(8-20)15(16)22/h2-3,6,8,11-13,17,21-22H,4-5,7H2,1H3/t11-,12+,13-,17-,18-/m0/s1. The molecule has 23 heavy (non-hydrogen) atoms. The van der Waals surface area contributed by atoms with Crippen molar-refractivity contribution in [1.29, 1.82) is 0 Å². The normalized spacial score (nSPS) is 39.7. The highest BCUT2D eigenvalue weighted by atomic mass is 16.5. The third-order valence-corrected chi connectivity index (χ3v) is 6.42. The molecule has 0 amide bonds. The first-order valence-electron chi connectivity index (χ1n) is 8.15. The molecule has 1 aromatic rings. The van der Waals surface area contributed by atoms with Crippen LogP contribution in [-0.4, -0.2) is 53.2 Å². The van der Waals surface area contributed by atoms with Gasteiger partial charge in [0.2, 0.25) is 0 Å². The minimum atomic E-state index is -0.687. The van der Waals surface area contributed by atoms with Crippen LogP contribution in [0.15, 0.2) is 18.2 Å². The second kappa shape index (κ2) is 4.16. The molecule has 5 rings (SSSR count). The third kappa shape index (κ3) is 1.39. The SMILES string of the molecule is CN1CC[C@]23c4c5cc(C=O)c(O)c4O[C@H]2[C@@H](O)C=C[C@H]3[C@H]1C5. The van der Waals surface area contributed by atoms with E-state index in [4.69, 9.17) is 4.74 Å². The number of nitrogens with zero attached hydrogens (tertiary/aromatic N) is 1. The molecule has 1 aromatic carbocycles. The first-order valence-corrected chi connectivity index (χ1v) is 8.15. The Hall–Kier alpha value is -1.85. The van der Waals surface area contributed by atoms with Gasteiger partial charge in [-0.05, 0) is 38.1 Å². The quantitative estimate of drug-likeness (QED) is 0.598. The van der Waals surface area contributed by atoms with Crippen LogP contribution >= 0.6 is 0 Å². The van der Waals surface area contributed by atoms with Crippen LogP contribution < -0.4 is 4.74 Å². The molecule has 0 saturated carbocycles. The molecule has 1 fully saturated rings. The summed E-state index contributed by atoms with van der Waals surface area (Å²) in [6, 6.07) is 2.14. The number of hydrogen-bond donors (Lipinski definition) is 2. The summed E-state index contributed by atoms with van der Waals surface area (Å²) in [6.45, 7) is 0.941. The maximum Gasteiger partial charge on any atom is 0.168 e. The van der Waals surface area contributed by atoms with E-state index in [1.807, 2.05) is 12.1 Å². The molecule has 2 heterocycles. The topological polar surface area (TPSA) is 70.0 Å². The van der Waals surface area contributed by atoms with E-state index in [1.54, 1.807) is 0 Å². The average molecular weight is 313 g/mol. The number of benzene rings is 1. The van der Waals surface area contributed by atoms with E-state index in [0.717, 1.165) is 30.5 Å². The van der Waals surface area contributed by atoms with Gasteiger partial charge in [0.15, 0.2) is 17.8 Å². The minimum Gasteiger partial charge on any atom is -0.504 e. The second-order valence-electron chi connectivity index (χ2n) is 7.28. The Morgan fingerprint density at radius 2 is 2.26 bits per heavy atom. The molecule has 2 aliphatic carbocycles. The predicted octanol–water partition coefficient (Wildman–Crippen LogP) is 1.01. The van der Waals surface area contributed by atoms with E-state index >= 15 is 0 Å². The van der Waals surface area contributed by atoms with Crippen LogP contribution in [0.5, 0.6) is 11.5 Å². The molecule has 2 bridgehead atoms. The summed E-state index contributed by atoms with van der Waals surface area (Å²) >= 11 is 0. The van der Waals surface area contributed by atoms with Gasteiger partial charge in [0.1, 0.15) is 12.2 Å². The van der Waals surface area contributed by atoms with Crippen LogP contribution in [0.1, 0.15) is 27.9 Å². The van der Waals surface area contributed by atoms with Crippen LogP contribution in [0.4, 0.5) is 0 Å². The lowest BCUT2D eigenvalue weighted by Crippen LogP contribution is -2.64. The third-order valence-electron chi connectivity index (χ3n) is 6.42. The summed E-state index contributed by atoms with van der Waals surface area (Å²) in [7, 11) is 2.13. The Balaban J connectivity index is 1.85. The van der Waals surface area contributed by atoms with Gasteiger partial charge in [-0.15, -0.1) is 0 Å². The van der Waals surface area contributed by atoms with Crippen molar-refractivity contribution < 1.29 is 19.7 Å². The first kappa shape index (κ1) is 13.6. The smallest absolute Gasteiger partial charge is 0.168 e. The summed E-state index contributed by atoms with van der Waals surface area (Å²) in [4.78, 5) is 13.7. The van der Waals surface area contributed by atoms with Crippen molar-refractivity contribution in [2.75, 3.05) is 13.6 Å². The number of ether oxygens (including phenoxy) is 1. The minimum absolute atomic E-state index is 0.0779. The van der Waals surface area contributed by atoms with Crippen LogP contribution in [0.2, 0.25) is 0 Å². The van der Waals surface area contributed by atoms with Gasteiger partial charge in [-0.3, -0.25) is 4.79 Å². The van der Waals surface area contributed by atoms with Gasteiger partial charge in [-0.1, -0.05) is 12.2 Å². The van der Waals surface area contributed by atoms with Crippen LogP contribution in [0, 0.1) is 5.92 Å². The zero-order valence-electron chi connectivity index (χ0n) is 12.9. The number of piperidine rings is 1. The van der Waals surface area contributed by atoms with E-state index in [-0.39, 0.29) is 28.7 Å². The van der Waals surface area contributed by atoms with Gasteiger partial charge in [0.05, 0.1) is 5.56 Å². The Kier molecular flexibility index (Phi) is 2.46. The average Bonchev–Trinajstić information content (AvgIpc) is 2.90. The fourth-order valence-corrected chi connectivity index (χ4v) is 5.43. The van der Waals surface area contributed by atoms with Crippen LogP contribution in [0.3, 0.4) is 0 Å². The zero-order chi connectivity index (χ0) is 15.9. The molecule has 1 saturated heterocycles. The van der Waals surface area contributed by atoms with Gasteiger partial charge in [-0.2, -0.15) is 0 Å². The number of aliphatic hydroxyl groups is 1. The molecule has 2 aliphatic heterocycles. The van der Waals surface area contributed by atoms with Crippen molar-refractivity contribution in [3.05, 3.63) is 34.9 Å². The highest BCUT2D eigenvalue weighted by Crippen LogP contribution is 2.62. The van der Waals surface area contributed by atoms with Gasteiger partial charge >= 0.3 is 0 Å². The van der Waals surface area contributed by atoms with Crippen molar-refractivity contribution in [2.45, 2.75) is 36.5 Å². The molecule has 5 atom stereocenters. The lowest BCUT2D eigenvalue weighted by Gasteiger charge is -2.56. The lowest BCUT2D eigenvalue weighted by atomic mass is 9.53. The van der Waals surface area contributed by atoms with Gasteiger partial charge in [-0.25, -0.2) is 0 Å². The van der Waals surface area contributed by atoms with E-state index in [1.165, 1.54) is 0 Å². The predicted molar refractivity (Wildman–Crippen MR) is 83.0 cm³/mol. The molecular formula is C18H19NO4. The summed E-state index contributed by atoms with van der Waals surface area (Å²) in [5, 5.41) is 21.0. The van der Waals surface area contributed by atoms with Crippen LogP contribution in [0.25, 0.3) is 0 Å².